The molecule has 0 spiro atoms. The standard InChI is InChI=1S/C14H11BrF3N3O2/c15-7-3-10-12(20-4-7)11(1-2-19-10)21-5-8(13(22)23)9(6-21)14(16,17)18/h1-4,8-9H,5-6H2,(H,22,23)/t8-,9-/m1/s1. The SMILES string of the molecule is O=C(O)[C@@H]1CN(c2ccnc3cc(Br)cnc23)C[C@H]1C(F)(F)F. The summed E-state index contributed by atoms with van der Waals surface area (Å²) in [5.74, 6) is -4.84. The Labute approximate surface area is 137 Å². The molecular formula is C14H11BrF3N3O2. The highest BCUT2D eigenvalue weighted by molar-refractivity contribution is 9.10. The molecule has 122 valence electrons. The van der Waals surface area contributed by atoms with Gasteiger partial charge in [-0.15, -0.1) is 0 Å². The van der Waals surface area contributed by atoms with Crippen LogP contribution in [-0.2, 0) is 4.79 Å². The van der Waals surface area contributed by atoms with E-state index in [1.54, 1.807) is 12.1 Å². The van der Waals surface area contributed by atoms with E-state index in [1.807, 2.05) is 0 Å². The minimum atomic E-state index is -4.56. The lowest BCUT2D eigenvalue weighted by Gasteiger charge is -2.20. The zero-order chi connectivity index (χ0) is 16.8. The molecule has 0 unspecified atom stereocenters. The molecule has 0 amide bonds. The van der Waals surface area contributed by atoms with Crippen LogP contribution in [-0.4, -0.2) is 40.3 Å². The number of halogens is 4. The van der Waals surface area contributed by atoms with Gasteiger partial charge < -0.3 is 10.0 Å². The molecule has 2 atom stereocenters. The van der Waals surface area contributed by atoms with Gasteiger partial charge in [0.05, 0.1) is 23.0 Å². The van der Waals surface area contributed by atoms with Crippen LogP contribution in [0.2, 0.25) is 0 Å². The van der Waals surface area contributed by atoms with Gasteiger partial charge in [0.15, 0.2) is 0 Å². The van der Waals surface area contributed by atoms with Crippen LogP contribution in [0.3, 0.4) is 0 Å². The second-order valence-electron chi connectivity index (χ2n) is 5.35. The van der Waals surface area contributed by atoms with E-state index >= 15 is 0 Å². The minimum Gasteiger partial charge on any atom is -0.481 e. The number of aromatic nitrogens is 2. The first kappa shape index (κ1) is 16.0. The monoisotopic (exact) mass is 389 g/mol. The first-order valence-corrected chi connectivity index (χ1v) is 7.51. The van der Waals surface area contributed by atoms with E-state index in [0.717, 1.165) is 0 Å². The largest absolute Gasteiger partial charge is 0.481 e. The molecule has 1 aliphatic heterocycles. The molecule has 5 nitrogen and oxygen atoms in total. The third-order valence-electron chi connectivity index (χ3n) is 3.92. The molecule has 2 aromatic heterocycles. The summed E-state index contributed by atoms with van der Waals surface area (Å²) in [5, 5.41) is 9.10. The van der Waals surface area contributed by atoms with Crippen LogP contribution in [0.5, 0.6) is 0 Å². The van der Waals surface area contributed by atoms with Gasteiger partial charge in [-0.2, -0.15) is 13.2 Å². The summed E-state index contributed by atoms with van der Waals surface area (Å²) in [6.45, 7) is -0.617. The van der Waals surface area contributed by atoms with Gasteiger partial charge in [0.25, 0.3) is 0 Å². The first-order chi connectivity index (χ1) is 10.8. The lowest BCUT2D eigenvalue weighted by atomic mass is 9.96. The Morgan fingerprint density at radius 2 is 2.09 bits per heavy atom. The number of alkyl halides is 3. The highest BCUT2D eigenvalue weighted by Gasteiger charge is 2.52. The molecule has 0 radical (unpaired) electrons. The van der Waals surface area contributed by atoms with Gasteiger partial charge in [0.1, 0.15) is 5.52 Å². The number of pyridine rings is 2. The lowest BCUT2D eigenvalue weighted by Crippen LogP contribution is -2.33. The normalized spacial score (nSPS) is 21.8. The number of hydrogen-bond donors (Lipinski definition) is 1. The van der Waals surface area contributed by atoms with Crippen LogP contribution in [0, 0.1) is 11.8 Å². The minimum absolute atomic E-state index is 0.212. The summed E-state index contributed by atoms with van der Waals surface area (Å²) in [6.07, 6.45) is -1.56. The van der Waals surface area contributed by atoms with Crippen molar-refractivity contribution in [1.29, 1.82) is 0 Å². The van der Waals surface area contributed by atoms with E-state index in [2.05, 4.69) is 25.9 Å². The number of rotatable bonds is 2. The van der Waals surface area contributed by atoms with Crippen molar-refractivity contribution in [3.63, 3.8) is 0 Å². The zero-order valence-corrected chi connectivity index (χ0v) is 13.2. The predicted molar refractivity (Wildman–Crippen MR) is 80.1 cm³/mol. The maximum Gasteiger partial charge on any atom is 0.394 e. The van der Waals surface area contributed by atoms with Crippen LogP contribution in [0.4, 0.5) is 18.9 Å². The molecule has 2 aromatic rings. The summed E-state index contributed by atoms with van der Waals surface area (Å²) in [4.78, 5) is 20.9. The Bertz CT molecular complexity index is 769. The molecule has 1 N–H and O–H groups in total. The Kier molecular flexibility index (Phi) is 3.91. The Morgan fingerprint density at radius 1 is 1.35 bits per heavy atom. The molecule has 0 bridgehead atoms. The van der Waals surface area contributed by atoms with Crippen molar-refractivity contribution in [2.45, 2.75) is 6.18 Å². The molecular weight excluding hydrogens is 379 g/mol. The van der Waals surface area contributed by atoms with Gasteiger partial charge in [-0.25, -0.2) is 0 Å². The lowest BCUT2D eigenvalue weighted by molar-refractivity contribution is -0.187. The number of carboxylic acids is 1. The molecule has 1 saturated heterocycles. The fourth-order valence-electron chi connectivity index (χ4n) is 2.83. The zero-order valence-electron chi connectivity index (χ0n) is 11.6. The van der Waals surface area contributed by atoms with E-state index in [0.29, 0.717) is 21.2 Å². The Hall–Kier alpha value is -1.90. The average Bonchev–Trinajstić information content (AvgIpc) is 2.91. The summed E-state index contributed by atoms with van der Waals surface area (Å²) >= 11 is 3.26. The van der Waals surface area contributed by atoms with E-state index in [-0.39, 0.29) is 6.54 Å². The Balaban J connectivity index is 2.02. The number of aliphatic carboxylic acids is 1. The highest BCUT2D eigenvalue weighted by Crippen LogP contribution is 2.40. The predicted octanol–water partition coefficient (Wildman–Crippen LogP) is 3.09. The highest BCUT2D eigenvalue weighted by atomic mass is 79.9. The molecule has 0 saturated carbocycles. The van der Waals surface area contributed by atoms with Gasteiger partial charge in [-0.1, -0.05) is 0 Å². The third-order valence-corrected chi connectivity index (χ3v) is 4.35. The molecule has 0 aromatic carbocycles. The van der Waals surface area contributed by atoms with E-state index in [9.17, 15) is 18.0 Å². The maximum absolute atomic E-state index is 13.1. The summed E-state index contributed by atoms with van der Waals surface area (Å²) in [6, 6.07) is 3.26. The number of fused-ring (bicyclic) bond motifs is 1. The molecule has 0 aliphatic carbocycles. The fraction of sp³-hybridized carbons (Fsp3) is 0.357. The van der Waals surface area contributed by atoms with Crippen molar-refractivity contribution in [3.05, 3.63) is 29.0 Å². The third kappa shape index (κ3) is 2.97. The molecule has 1 fully saturated rings. The summed E-state index contributed by atoms with van der Waals surface area (Å²) in [5.41, 5.74) is 1.43. The number of anilines is 1. The molecule has 3 heterocycles. The first-order valence-electron chi connectivity index (χ1n) is 6.72. The van der Waals surface area contributed by atoms with Gasteiger partial charge >= 0.3 is 12.1 Å². The van der Waals surface area contributed by atoms with Crippen LogP contribution in [0.25, 0.3) is 11.0 Å². The van der Waals surface area contributed by atoms with Crippen molar-refractivity contribution in [1.82, 2.24) is 9.97 Å². The van der Waals surface area contributed by atoms with Crippen LogP contribution >= 0.6 is 15.9 Å². The number of nitrogens with zero attached hydrogens (tertiary/aromatic N) is 3. The second kappa shape index (κ2) is 5.63. The smallest absolute Gasteiger partial charge is 0.394 e. The number of carbonyl (C=O) groups is 1. The van der Waals surface area contributed by atoms with Crippen LogP contribution in [0.1, 0.15) is 0 Å². The van der Waals surface area contributed by atoms with E-state index < -0.39 is 30.5 Å². The van der Waals surface area contributed by atoms with Gasteiger partial charge in [0.2, 0.25) is 0 Å². The van der Waals surface area contributed by atoms with Gasteiger partial charge in [0, 0.05) is 30.0 Å². The number of hydrogen-bond acceptors (Lipinski definition) is 4. The van der Waals surface area contributed by atoms with Crippen LogP contribution < -0.4 is 4.90 Å². The van der Waals surface area contributed by atoms with Crippen LogP contribution in [0.15, 0.2) is 29.0 Å². The summed E-state index contributed by atoms with van der Waals surface area (Å²) in [7, 11) is 0. The second-order valence-corrected chi connectivity index (χ2v) is 6.26. The van der Waals surface area contributed by atoms with Crippen molar-refractivity contribution in [3.8, 4) is 0 Å². The average molecular weight is 390 g/mol. The van der Waals surface area contributed by atoms with Gasteiger partial charge in [-0.3, -0.25) is 14.8 Å². The Morgan fingerprint density at radius 3 is 2.70 bits per heavy atom. The molecule has 1 aliphatic rings. The van der Waals surface area contributed by atoms with E-state index in [1.165, 1.54) is 17.3 Å². The topological polar surface area (TPSA) is 66.3 Å². The van der Waals surface area contributed by atoms with Crippen molar-refractivity contribution in [2.75, 3.05) is 18.0 Å². The quantitative estimate of drug-likeness (QED) is 0.854. The number of carboxylic acid groups (broad SMARTS) is 1. The fourth-order valence-corrected chi connectivity index (χ4v) is 3.15. The maximum atomic E-state index is 13.1. The van der Waals surface area contributed by atoms with Crippen molar-refractivity contribution < 1.29 is 23.1 Å². The summed E-state index contributed by atoms with van der Waals surface area (Å²) < 4.78 is 40.0. The molecule has 9 heteroatoms. The van der Waals surface area contributed by atoms with Crippen molar-refractivity contribution in [2.24, 2.45) is 11.8 Å². The van der Waals surface area contributed by atoms with E-state index in [4.69, 9.17) is 5.11 Å². The van der Waals surface area contributed by atoms with Gasteiger partial charge in [-0.05, 0) is 28.1 Å². The molecule has 23 heavy (non-hydrogen) atoms. The molecule has 3 rings (SSSR count). The van der Waals surface area contributed by atoms with Crippen molar-refractivity contribution >= 4 is 38.6 Å².